The van der Waals surface area contributed by atoms with E-state index < -0.39 is 0 Å². The van der Waals surface area contributed by atoms with Crippen LogP contribution in [-0.2, 0) is 6.54 Å². The molecule has 2 rings (SSSR count). The molecule has 0 atom stereocenters. The van der Waals surface area contributed by atoms with Crippen molar-refractivity contribution in [2.24, 2.45) is 0 Å². The minimum atomic E-state index is -0.175. The number of nitrogens with one attached hydrogen (secondary N) is 2. The standard InChI is InChI=1S/C17H22N4O/c1-3-4-10-18-17(22)15-8-9-16(21-20-15)19-12-14-7-5-6-13(2)11-14/h5-9,11H,3-4,10,12H2,1-2H3,(H,18,22)(H,19,21). The van der Waals surface area contributed by atoms with Crippen molar-refractivity contribution in [1.82, 2.24) is 15.5 Å². The van der Waals surface area contributed by atoms with Crippen molar-refractivity contribution in [3.63, 3.8) is 0 Å². The average Bonchev–Trinajstić information content (AvgIpc) is 2.54. The number of rotatable bonds is 7. The van der Waals surface area contributed by atoms with E-state index in [1.165, 1.54) is 11.1 Å². The molecule has 0 aliphatic carbocycles. The molecule has 2 N–H and O–H groups in total. The molecule has 1 aromatic carbocycles. The van der Waals surface area contributed by atoms with Crippen molar-refractivity contribution in [1.29, 1.82) is 0 Å². The van der Waals surface area contributed by atoms with Crippen LogP contribution in [0.25, 0.3) is 0 Å². The number of aromatic nitrogens is 2. The SMILES string of the molecule is CCCCNC(=O)c1ccc(NCc2cccc(C)c2)nn1. The summed E-state index contributed by atoms with van der Waals surface area (Å²) >= 11 is 0. The van der Waals surface area contributed by atoms with Crippen LogP contribution in [0.15, 0.2) is 36.4 Å². The molecule has 0 aliphatic heterocycles. The van der Waals surface area contributed by atoms with Gasteiger partial charge in [-0.3, -0.25) is 4.79 Å². The Hall–Kier alpha value is -2.43. The van der Waals surface area contributed by atoms with Gasteiger partial charge in [-0.25, -0.2) is 0 Å². The summed E-state index contributed by atoms with van der Waals surface area (Å²) in [5.74, 6) is 0.484. The minimum Gasteiger partial charge on any atom is -0.365 e. The predicted molar refractivity (Wildman–Crippen MR) is 87.8 cm³/mol. The first kappa shape index (κ1) is 15.9. The van der Waals surface area contributed by atoms with Gasteiger partial charge in [-0.05, 0) is 31.0 Å². The van der Waals surface area contributed by atoms with Gasteiger partial charge < -0.3 is 10.6 Å². The highest BCUT2D eigenvalue weighted by molar-refractivity contribution is 5.92. The monoisotopic (exact) mass is 298 g/mol. The van der Waals surface area contributed by atoms with Crippen LogP contribution in [0, 0.1) is 6.92 Å². The van der Waals surface area contributed by atoms with Crippen LogP contribution >= 0.6 is 0 Å². The third kappa shape index (κ3) is 4.84. The molecule has 5 nitrogen and oxygen atoms in total. The van der Waals surface area contributed by atoms with Crippen LogP contribution in [0.5, 0.6) is 0 Å². The number of nitrogens with zero attached hydrogens (tertiary/aromatic N) is 2. The molecule has 0 saturated heterocycles. The van der Waals surface area contributed by atoms with Gasteiger partial charge in [0.05, 0.1) is 0 Å². The Balaban J connectivity index is 1.87. The molecule has 2 aromatic rings. The summed E-state index contributed by atoms with van der Waals surface area (Å²) in [4.78, 5) is 11.8. The van der Waals surface area contributed by atoms with E-state index in [4.69, 9.17) is 0 Å². The second-order valence-electron chi connectivity index (χ2n) is 5.26. The zero-order chi connectivity index (χ0) is 15.8. The van der Waals surface area contributed by atoms with Crippen molar-refractivity contribution in [3.8, 4) is 0 Å². The Morgan fingerprint density at radius 1 is 1.18 bits per heavy atom. The third-order valence-electron chi connectivity index (χ3n) is 3.27. The Bertz CT molecular complexity index is 610. The maximum Gasteiger partial charge on any atom is 0.271 e. The van der Waals surface area contributed by atoms with Gasteiger partial charge in [-0.15, -0.1) is 10.2 Å². The van der Waals surface area contributed by atoms with Gasteiger partial charge in [0.15, 0.2) is 5.69 Å². The summed E-state index contributed by atoms with van der Waals surface area (Å²) < 4.78 is 0. The molecule has 0 spiro atoms. The average molecular weight is 298 g/mol. The van der Waals surface area contributed by atoms with E-state index in [0.717, 1.165) is 12.8 Å². The number of anilines is 1. The normalized spacial score (nSPS) is 10.3. The van der Waals surface area contributed by atoms with E-state index in [9.17, 15) is 4.79 Å². The molecule has 0 radical (unpaired) electrons. The minimum absolute atomic E-state index is 0.175. The van der Waals surface area contributed by atoms with Crippen LogP contribution < -0.4 is 10.6 Å². The van der Waals surface area contributed by atoms with Crippen molar-refractivity contribution >= 4 is 11.7 Å². The molecule has 22 heavy (non-hydrogen) atoms. The number of hydrogen-bond acceptors (Lipinski definition) is 4. The molecule has 0 unspecified atom stereocenters. The third-order valence-corrected chi connectivity index (χ3v) is 3.27. The molecule has 0 fully saturated rings. The van der Waals surface area contributed by atoms with E-state index in [0.29, 0.717) is 24.6 Å². The number of hydrogen-bond donors (Lipinski definition) is 2. The summed E-state index contributed by atoms with van der Waals surface area (Å²) in [5.41, 5.74) is 2.75. The molecule has 0 aliphatic rings. The predicted octanol–water partition coefficient (Wildman–Crippen LogP) is 2.93. The maximum atomic E-state index is 11.8. The van der Waals surface area contributed by atoms with Gasteiger partial charge in [0.1, 0.15) is 5.82 Å². The number of unbranched alkanes of at least 4 members (excludes halogenated alkanes) is 1. The summed E-state index contributed by atoms with van der Waals surface area (Å²) in [6.07, 6.45) is 2.02. The quantitative estimate of drug-likeness (QED) is 0.771. The first-order valence-electron chi connectivity index (χ1n) is 7.60. The van der Waals surface area contributed by atoms with E-state index in [2.05, 4.69) is 52.9 Å². The topological polar surface area (TPSA) is 66.9 Å². The van der Waals surface area contributed by atoms with Crippen molar-refractivity contribution in [2.75, 3.05) is 11.9 Å². The first-order valence-corrected chi connectivity index (χ1v) is 7.60. The fourth-order valence-electron chi connectivity index (χ4n) is 2.03. The number of benzene rings is 1. The fraction of sp³-hybridized carbons (Fsp3) is 0.353. The largest absolute Gasteiger partial charge is 0.365 e. The second kappa shape index (κ2) is 8.12. The molecule has 5 heteroatoms. The van der Waals surface area contributed by atoms with Gasteiger partial charge in [0, 0.05) is 13.1 Å². The lowest BCUT2D eigenvalue weighted by atomic mass is 10.1. The van der Waals surface area contributed by atoms with Crippen LogP contribution in [0.3, 0.4) is 0 Å². The molecule has 1 amide bonds. The maximum absolute atomic E-state index is 11.8. The lowest BCUT2D eigenvalue weighted by Crippen LogP contribution is -2.25. The molecule has 1 heterocycles. The Kier molecular flexibility index (Phi) is 5.89. The van der Waals surface area contributed by atoms with Crippen LogP contribution in [-0.4, -0.2) is 22.6 Å². The van der Waals surface area contributed by atoms with Gasteiger partial charge in [-0.2, -0.15) is 0 Å². The van der Waals surface area contributed by atoms with E-state index in [1.54, 1.807) is 12.1 Å². The van der Waals surface area contributed by atoms with Gasteiger partial charge in [-0.1, -0.05) is 43.2 Å². The molecule has 0 saturated carbocycles. The highest BCUT2D eigenvalue weighted by Crippen LogP contribution is 2.08. The van der Waals surface area contributed by atoms with E-state index >= 15 is 0 Å². The zero-order valence-corrected chi connectivity index (χ0v) is 13.1. The van der Waals surface area contributed by atoms with Gasteiger partial charge in [0.2, 0.25) is 0 Å². The highest BCUT2D eigenvalue weighted by Gasteiger charge is 2.07. The van der Waals surface area contributed by atoms with Gasteiger partial charge >= 0.3 is 0 Å². The number of carbonyl (C=O) groups is 1. The van der Waals surface area contributed by atoms with Crippen molar-refractivity contribution in [3.05, 3.63) is 53.2 Å². The summed E-state index contributed by atoms with van der Waals surface area (Å²) in [6, 6.07) is 11.7. The summed E-state index contributed by atoms with van der Waals surface area (Å²) in [6.45, 7) is 5.50. The Morgan fingerprint density at radius 2 is 2.05 bits per heavy atom. The Morgan fingerprint density at radius 3 is 2.73 bits per heavy atom. The molecule has 116 valence electrons. The number of aryl methyl sites for hydroxylation is 1. The Labute approximate surface area is 131 Å². The van der Waals surface area contributed by atoms with E-state index in [-0.39, 0.29) is 5.91 Å². The number of amides is 1. The fourth-order valence-corrected chi connectivity index (χ4v) is 2.03. The molecular formula is C17H22N4O. The van der Waals surface area contributed by atoms with E-state index in [1.807, 2.05) is 6.07 Å². The summed E-state index contributed by atoms with van der Waals surface area (Å²) in [7, 11) is 0. The first-order chi connectivity index (χ1) is 10.7. The smallest absolute Gasteiger partial charge is 0.271 e. The van der Waals surface area contributed by atoms with Gasteiger partial charge in [0.25, 0.3) is 5.91 Å². The molecule has 0 bridgehead atoms. The number of carbonyl (C=O) groups excluding carboxylic acids is 1. The highest BCUT2D eigenvalue weighted by atomic mass is 16.1. The lowest BCUT2D eigenvalue weighted by molar-refractivity contribution is 0.0947. The molecule has 1 aromatic heterocycles. The van der Waals surface area contributed by atoms with Crippen LogP contribution in [0.2, 0.25) is 0 Å². The second-order valence-corrected chi connectivity index (χ2v) is 5.26. The zero-order valence-electron chi connectivity index (χ0n) is 13.1. The molecular weight excluding hydrogens is 276 g/mol. The van der Waals surface area contributed by atoms with Crippen LogP contribution in [0.1, 0.15) is 41.4 Å². The van der Waals surface area contributed by atoms with Crippen molar-refractivity contribution < 1.29 is 4.79 Å². The lowest BCUT2D eigenvalue weighted by Gasteiger charge is -2.07. The van der Waals surface area contributed by atoms with Crippen LogP contribution in [0.4, 0.5) is 5.82 Å². The van der Waals surface area contributed by atoms with Crippen molar-refractivity contribution in [2.45, 2.75) is 33.2 Å². The summed E-state index contributed by atoms with van der Waals surface area (Å²) in [5, 5.41) is 14.0.